The summed E-state index contributed by atoms with van der Waals surface area (Å²) >= 11 is 0. The molecule has 2 nitrogen and oxygen atoms in total. The summed E-state index contributed by atoms with van der Waals surface area (Å²) in [6, 6.07) is 59.9. The minimum atomic E-state index is -0.127. The van der Waals surface area contributed by atoms with E-state index in [0.29, 0.717) is 0 Å². The second-order valence-electron chi connectivity index (χ2n) is 16.4. The molecule has 1 aliphatic carbocycles. The third kappa shape index (κ3) is 5.17. The number of hydrogen-bond acceptors (Lipinski definition) is 2. The summed E-state index contributed by atoms with van der Waals surface area (Å²) in [4.78, 5) is 4.71. The smallest absolute Gasteiger partial charge is 0.0353 e. The van der Waals surface area contributed by atoms with Gasteiger partial charge in [0.2, 0.25) is 0 Å². The van der Waals surface area contributed by atoms with Crippen LogP contribution in [0.4, 0.5) is 0 Å². The molecule has 11 rings (SSSR count). The maximum absolute atomic E-state index is 6.35. The highest BCUT2D eigenvalue weighted by Crippen LogP contribution is 2.52. The van der Waals surface area contributed by atoms with Gasteiger partial charge in [-0.3, -0.25) is 4.98 Å². The van der Waals surface area contributed by atoms with Crippen molar-refractivity contribution < 1.29 is 0 Å². The molecular formula is C58H42N2. The lowest BCUT2D eigenvalue weighted by Crippen LogP contribution is -2.15. The highest BCUT2D eigenvalue weighted by Gasteiger charge is 2.35. The number of rotatable bonds is 6. The molecule has 1 heterocycles. The van der Waals surface area contributed by atoms with E-state index < -0.39 is 0 Å². The third-order valence-electron chi connectivity index (χ3n) is 13.0. The number of benzene rings is 9. The Kier molecular flexibility index (Phi) is 8.18. The summed E-state index contributed by atoms with van der Waals surface area (Å²) in [6.45, 7) is 9.16. The maximum Gasteiger partial charge on any atom is 0.0353 e. The Morgan fingerprint density at radius 1 is 0.450 bits per heavy atom. The quantitative estimate of drug-likeness (QED) is 0.171. The van der Waals surface area contributed by atoms with Gasteiger partial charge in [0, 0.05) is 23.2 Å². The summed E-state index contributed by atoms with van der Waals surface area (Å²) in [7, 11) is 0. The highest BCUT2D eigenvalue weighted by atomic mass is 14.6. The molecule has 0 atom stereocenters. The molecule has 0 radical (unpaired) electrons. The van der Waals surface area contributed by atoms with E-state index in [-0.39, 0.29) is 5.41 Å². The maximum atomic E-state index is 6.35. The van der Waals surface area contributed by atoms with Gasteiger partial charge in [-0.1, -0.05) is 178 Å². The normalized spacial score (nSPS) is 13.0. The van der Waals surface area contributed by atoms with E-state index in [4.69, 9.17) is 10.7 Å². The molecule has 284 valence electrons. The number of hydrogen-bond donors (Lipinski definition) is 1. The van der Waals surface area contributed by atoms with Gasteiger partial charge in [-0.05, 0) is 140 Å². The first-order valence-electron chi connectivity index (χ1n) is 20.7. The number of aromatic nitrogens is 1. The van der Waals surface area contributed by atoms with Crippen LogP contribution in [0.15, 0.2) is 189 Å². The number of pyridine rings is 1. The average molecular weight is 767 g/mol. The Bertz CT molecular complexity index is 3370. The molecule has 1 aromatic heterocycles. The molecule has 0 amide bonds. The van der Waals surface area contributed by atoms with Gasteiger partial charge in [0.25, 0.3) is 0 Å². The number of nitrogens with two attached hydrogens (primary N) is 1. The van der Waals surface area contributed by atoms with Gasteiger partial charge in [0.1, 0.15) is 0 Å². The first kappa shape index (κ1) is 35.6. The minimum Gasteiger partial charge on any atom is -0.405 e. The monoisotopic (exact) mass is 766 g/mol. The Hall–Kier alpha value is -7.55. The molecule has 1 aliphatic rings. The summed E-state index contributed by atoms with van der Waals surface area (Å²) in [5, 5.41) is 9.43. The van der Waals surface area contributed by atoms with Crippen LogP contribution in [0.2, 0.25) is 0 Å². The van der Waals surface area contributed by atoms with Crippen LogP contribution in [0.3, 0.4) is 0 Å². The summed E-state index contributed by atoms with van der Waals surface area (Å²) in [5.41, 5.74) is 23.1. The first-order valence-corrected chi connectivity index (χ1v) is 20.7. The van der Waals surface area contributed by atoms with E-state index in [1.807, 2.05) is 18.5 Å². The molecule has 0 saturated carbocycles. The predicted molar refractivity (Wildman–Crippen MR) is 257 cm³/mol. The van der Waals surface area contributed by atoms with E-state index in [1.54, 1.807) is 6.20 Å². The Morgan fingerprint density at radius 3 is 1.67 bits per heavy atom. The molecule has 0 bridgehead atoms. The van der Waals surface area contributed by atoms with Gasteiger partial charge in [0.05, 0.1) is 0 Å². The van der Waals surface area contributed by atoms with Crippen LogP contribution in [0.1, 0.15) is 36.1 Å². The summed E-state index contributed by atoms with van der Waals surface area (Å²) < 4.78 is 0. The van der Waals surface area contributed by atoms with E-state index >= 15 is 0 Å². The van der Waals surface area contributed by atoms with Gasteiger partial charge >= 0.3 is 0 Å². The van der Waals surface area contributed by atoms with Crippen molar-refractivity contribution in [2.45, 2.75) is 19.3 Å². The topological polar surface area (TPSA) is 38.9 Å². The van der Waals surface area contributed by atoms with Crippen molar-refractivity contribution in [3.05, 3.63) is 211 Å². The van der Waals surface area contributed by atoms with Crippen LogP contribution in [0, 0.1) is 0 Å². The Labute approximate surface area is 350 Å². The highest BCUT2D eigenvalue weighted by molar-refractivity contribution is 6.25. The number of fused-ring (bicyclic) bond motifs is 7. The van der Waals surface area contributed by atoms with Gasteiger partial charge in [-0.2, -0.15) is 0 Å². The van der Waals surface area contributed by atoms with Crippen LogP contribution in [-0.2, 0) is 5.41 Å². The van der Waals surface area contributed by atoms with Gasteiger partial charge in [-0.15, -0.1) is 0 Å². The van der Waals surface area contributed by atoms with E-state index in [9.17, 15) is 0 Å². The second kappa shape index (κ2) is 13.8. The Morgan fingerprint density at radius 2 is 0.983 bits per heavy atom. The molecule has 0 spiro atoms. The largest absolute Gasteiger partial charge is 0.405 e. The van der Waals surface area contributed by atoms with Gasteiger partial charge < -0.3 is 5.73 Å². The van der Waals surface area contributed by atoms with Crippen molar-refractivity contribution in [2.24, 2.45) is 5.73 Å². The van der Waals surface area contributed by atoms with E-state index in [0.717, 1.165) is 33.2 Å². The number of nitrogens with zero attached hydrogens (tertiary/aromatic N) is 1. The van der Waals surface area contributed by atoms with Gasteiger partial charge in [-0.25, -0.2) is 0 Å². The van der Waals surface area contributed by atoms with Gasteiger partial charge in [0.15, 0.2) is 0 Å². The van der Waals surface area contributed by atoms with Crippen molar-refractivity contribution >= 4 is 55.2 Å². The molecule has 0 fully saturated rings. The zero-order chi connectivity index (χ0) is 40.5. The van der Waals surface area contributed by atoms with Crippen molar-refractivity contribution in [3.63, 3.8) is 0 Å². The fraction of sp³-hybridized carbons (Fsp3) is 0.0517. The lowest BCUT2D eigenvalue weighted by molar-refractivity contribution is 0.660. The standard InChI is InChI=1S/C58H42N2/c1-4-38-49(30-32-59)55(37-26-27-42-41-20-14-15-25-52(41)58(2,3)53(42)34-37)44-22-11-12-23-45(44)56(38)47-28-29-48(40-19-9-8-18-39(40)47)57-46-24-13-10-21-43(46)54(36-16-6-5-7-17-36)50-31-33-60-35-51(50)57/h4-35H,1,59H2,2-3H3/b32-30-. The van der Waals surface area contributed by atoms with Crippen LogP contribution in [-0.4, -0.2) is 4.98 Å². The Balaban J connectivity index is 1.18. The molecular weight excluding hydrogens is 725 g/mol. The molecule has 0 unspecified atom stereocenters. The van der Waals surface area contributed by atoms with Crippen molar-refractivity contribution in [1.29, 1.82) is 0 Å². The van der Waals surface area contributed by atoms with E-state index in [2.05, 4.69) is 190 Å². The third-order valence-corrected chi connectivity index (χ3v) is 13.0. The second-order valence-corrected chi connectivity index (χ2v) is 16.4. The first-order chi connectivity index (χ1) is 29.5. The fourth-order valence-corrected chi connectivity index (χ4v) is 10.4. The fourth-order valence-electron chi connectivity index (χ4n) is 10.4. The molecule has 10 aromatic rings. The molecule has 9 aromatic carbocycles. The predicted octanol–water partition coefficient (Wildman–Crippen LogP) is 15.2. The summed E-state index contributed by atoms with van der Waals surface area (Å²) in [6.07, 6.45) is 9.70. The SMILES string of the molecule is C=Cc1c(/C=C\N)c(-c2ccc3c(c2)C(C)(C)c2ccccc2-3)c2ccccc2c1-c1ccc(-c2c3ccccc3c(-c3ccccc3)c3ccncc23)c2ccccc12. The van der Waals surface area contributed by atoms with Crippen molar-refractivity contribution in [1.82, 2.24) is 4.98 Å². The van der Waals surface area contributed by atoms with Crippen molar-refractivity contribution in [2.75, 3.05) is 0 Å². The lowest BCUT2D eigenvalue weighted by atomic mass is 9.79. The van der Waals surface area contributed by atoms with Crippen molar-refractivity contribution in [3.8, 4) is 55.6 Å². The van der Waals surface area contributed by atoms with Crippen LogP contribution >= 0.6 is 0 Å². The molecule has 2 heteroatoms. The van der Waals surface area contributed by atoms with E-state index in [1.165, 1.54) is 87.8 Å². The average Bonchev–Trinajstić information content (AvgIpc) is 3.53. The molecule has 60 heavy (non-hydrogen) atoms. The molecule has 2 N–H and O–H groups in total. The van der Waals surface area contributed by atoms with Crippen LogP contribution in [0.5, 0.6) is 0 Å². The zero-order valence-electron chi connectivity index (χ0n) is 33.7. The minimum absolute atomic E-state index is 0.127. The van der Waals surface area contributed by atoms with Crippen LogP contribution < -0.4 is 5.73 Å². The van der Waals surface area contributed by atoms with Crippen LogP contribution in [0.25, 0.3) is 111 Å². The summed E-state index contributed by atoms with van der Waals surface area (Å²) in [5.74, 6) is 0. The molecule has 0 aliphatic heterocycles. The zero-order valence-corrected chi connectivity index (χ0v) is 33.7. The lowest BCUT2D eigenvalue weighted by Gasteiger charge is -2.24. The molecule has 0 saturated heterocycles.